The molecule has 0 bridgehead atoms. The van der Waals surface area contributed by atoms with Gasteiger partial charge in [-0.1, -0.05) is 0 Å². The Bertz CT molecular complexity index is 956. The molecule has 0 fully saturated rings. The van der Waals surface area contributed by atoms with E-state index in [4.69, 9.17) is 9.47 Å². The molecule has 0 spiro atoms. The van der Waals surface area contributed by atoms with Crippen molar-refractivity contribution in [1.29, 1.82) is 0 Å². The molecule has 0 aliphatic heterocycles. The molecule has 38 heavy (non-hydrogen) atoms. The molecule has 1 atom stereocenters. The SMILES string of the molecule is CCC[CH2][Sn]([CH2]CCC)([CH2]CCC)/[C](=C\C(=O)OC)[C@H](Cc1ccccc1)NC(=O)OCc1ccccc1. The van der Waals surface area contributed by atoms with Crippen LogP contribution in [0.5, 0.6) is 0 Å². The molecule has 0 aromatic heterocycles. The molecule has 0 aliphatic rings. The number of rotatable bonds is 17. The third-order valence-corrected chi connectivity index (χ3v) is 23.4. The summed E-state index contributed by atoms with van der Waals surface area (Å²) in [6.45, 7) is 6.92. The Morgan fingerprint density at radius 2 is 1.32 bits per heavy atom. The van der Waals surface area contributed by atoms with Crippen LogP contribution >= 0.6 is 0 Å². The first-order valence-electron chi connectivity index (χ1n) is 14.3. The number of carbonyl (C=O) groups excluding carboxylic acids is 2. The van der Waals surface area contributed by atoms with E-state index >= 15 is 0 Å². The van der Waals surface area contributed by atoms with E-state index < -0.39 is 24.5 Å². The van der Waals surface area contributed by atoms with Gasteiger partial charge in [0.05, 0.1) is 0 Å². The van der Waals surface area contributed by atoms with Gasteiger partial charge in [0.25, 0.3) is 0 Å². The molecule has 0 unspecified atom stereocenters. The van der Waals surface area contributed by atoms with E-state index in [0.29, 0.717) is 6.42 Å². The van der Waals surface area contributed by atoms with Crippen LogP contribution in [-0.4, -0.2) is 43.6 Å². The molecule has 2 aromatic rings. The molecule has 2 aromatic carbocycles. The van der Waals surface area contributed by atoms with Gasteiger partial charge in [-0.25, -0.2) is 0 Å². The van der Waals surface area contributed by atoms with E-state index in [2.05, 4.69) is 38.2 Å². The van der Waals surface area contributed by atoms with Crippen LogP contribution in [0, 0.1) is 0 Å². The number of hydrogen-bond donors (Lipinski definition) is 1. The Balaban J connectivity index is 2.51. The van der Waals surface area contributed by atoms with Gasteiger partial charge < -0.3 is 0 Å². The maximum atomic E-state index is 13.2. The van der Waals surface area contributed by atoms with Crippen molar-refractivity contribution in [3.63, 3.8) is 0 Å². The van der Waals surface area contributed by atoms with E-state index in [9.17, 15) is 9.59 Å². The van der Waals surface area contributed by atoms with Crippen LogP contribution in [0.1, 0.15) is 70.4 Å². The van der Waals surface area contributed by atoms with Crippen LogP contribution in [0.15, 0.2) is 70.3 Å². The van der Waals surface area contributed by atoms with Crippen molar-refractivity contribution in [2.75, 3.05) is 7.11 Å². The number of esters is 1. The number of nitrogens with one attached hydrogen (secondary N) is 1. The van der Waals surface area contributed by atoms with Crippen LogP contribution in [-0.2, 0) is 27.3 Å². The first-order valence-corrected chi connectivity index (χ1v) is 21.8. The Kier molecular flexibility index (Phi) is 15.2. The van der Waals surface area contributed by atoms with E-state index in [1.165, 1.54) is 24.0 Å². The number of ether oxygens (including phenoxy) is 2. The quantitative estimate of drug-likeness (QED) is 0.110. The van der Waals surface area contributed by atoms with E-state index in [1.807, 2.05) is 48.5 Å². The number of hydrogen-bond acceptors (Lipinski definition) is 4. The van der Waals surface area contributed by atoms with Crippen LogP contribution < -0.4 is 5.32 Å². The van der Waals surface area contributed by atoms with E-state index in [1.54, 1.807) is 6.08 Å². The summed E-state index contributed by atoms with van der Waals surface area (Å²) in [5.41, 5.74) is 2.06. The fourth-order valence-electron chi connectivity index (χ4n) is 5.16. The molecular weight excluding hydrogens is 581 g/mol. The van der Waals surface area contributed by atoms with Crippen molar-refractivity contribution in [2.45, 2.75) is 91.7 Å². The monoisotopic (exact) mass is 629 g/mol. The van der Waals surface area contributed by atoms with Gasteiger partial charge in [0.1, 0.15) is 0 Å². The molecule has 0 radical (unpaired) electrons. The predicted molar refractivity (Wildman–Crippen MR) is 159 cm³/mol. The average molecular weight is 628 g/mol. The van der Waals surface area contributed by atoms with Gasteiger partial charge in [-0.15, -0.1) is 0 Å². The number of unbranched alkanes of at least 4 members (excludes halogenated alkanes) is 3. The van der Waals surface area contributed by atoms with Gasteiger partial charge in [-0.2, -0.15) is 0 Å². The molecule has 5 nitrogen and oxygen atoms in total. The summed E-state index contributed by atoms with van der Waals surface area (Å²) in [6.07, 6.45) is 8.74. The summed E-state index contributed by atoms with van der Waals surface area (Å²) >= 11 is -3.14. The van der Waals surface area contributed by atoms with E-state index in [-0.39, 0.29) is 18.6 Å². The molecule has 6 heteroatoms. The normalized spacial score (nSPS) is 12.6. The molecule has 1 N–H and O–H groups in total. The number of methoxy groups -OCH3 is 1. The molecule has 208 valence electrons. The summed E-state index contributed by atoms with van der Waals surface area (Å²) in [4.78, 5) is 26.0. The van der Waals surface area contributed by atoms with Gasteiger partial charge in [0.2, 0.25) is 0 Å². The molecule has 2 rings (SSSR count). The Morgan fingerprint density at radius 1 is 0.816 bits per heavy atom. The second-order valence-electron chi connectivity index (χ2n) is 10.2. The average Bonchev–Trinajstić information content (AvgIpc) is 2.95. The standard InChI is InChI=1S/C20H20NO4.3C4H9.Sn/c1-24-19(22)13-12-18(14-16-8-4-2-5-9-16)21-20(23)25-15-17-10-6-3-7-11-17;3*1-3-4-2;/h2-11,13,18H,14-15H2,1H3,(H,21,23);3*1,3-4H2,2H3;/t18-;;;;/m1..../s1. The minimum absolute atomic E-state index is 0.205. The van der Waals surface area contributed by atoms with Crippen molar-refractivity contribution < 1.29 is 19.1 Å². The fourth-order valence-corrected chi connectivity index (χ4v) is 22.4. The van der Waals surface area contributed by atoms with Gasteiger partial charge in [0, 0.05) is 0 Å². The predicted octanol–water partition coefficient (Wildman–Crippen LogP) is 8.01. The topological polar surface area (TPSA) is 64.6 Å². The Hall–Kier alpha value is -2.28. The zero-order valence-corrected chi connectivity index (χ0v) is 26.7. The Morgan fingerprint density at radius 3 is 1.79 bits per heavy atom. The van der Waals surface area contributed by atoms with Crippen LogP contribution in [0.2, 0.25) is 13.3 Å². The summed E-state index contributed by atoms with van der Waals surface area (Å²) < 4.78 is 15.5. The summed E-state index contributed by atoms with van der Waals surface area (Å²) in [5.74, 6) is -0.330. The van der Waals surface area contributed by atoms with Gasteiger partial charge >= 0.3 is 235 Å². The van der Waals surface area contributed by atoms with Gasteiger partial charge in [-0.3, -0.25) is 0 Å². The van der Waals surface area contributed by atoms with Crippen LogP contribution in [0.4, 0.5) is 4.79 Å². The third-order valence-electron chi connectivity index (χ3n) is 7.28. The number of carbonyl (C=O) groups is 2. The maximum absolute atomic E-state index is 13.2. The summed E-state index contributed by atoms with van der Waals surface area (Å²) in [6, 6.07) is 19.6. The van der Waals surface area contributed by atoms with Gasteiger partial charge in [0.15, 0.2) is 0 Å². The van der Waals surface area contributed by atoms with Crippen molar-refractivity contribution in [3.05, 3.63) is 81.5 Å². The zero-order chi connectivity index (χ0) is 27.6. The minimum atomic E-state index is -3.14. The second-order valence-corrected chi connectivity index (χ2v) is 23.4. The first kappa shape index (κ1) is 31.9. The molecular formula is C32H47NO4Sn. The first-order chi connectivity index (χ1) is 18.5. The second kappa shape index (κ2) is 18.1. The summed E-state index contributed by atoms with van der Waals surface area (Å²) in [7, 11) is 1.44. The summed E-state index contributed by atoms with van der Waals surface area (Å²) in [5, 5.41) is 3.22. The van der Waals surface area contributed by atoms with Crippen molar-refractivity contribution in [2.24, 2.45) is 0 Å². The number of benzene rings is 2. The third kappa shape index (κ3) is 10.8. The van der Waals surface area contributed by atoms with Crippen molar-refractivity contribution in [1.82, 2.24) is 5.32 Å². The zero-order valence-electron chi connectivity index (χ0n) is 23.8. The Labute approximate surface area is 234 Å². The van der Waals surface area contributed by atoms with Crippen LogP contribution in [0.25, 0.3) is 0 Å². The molecule has 0 aliphatic carbocycles. The number of alkyl carbamates (subject to hydrolysis) is 1. The van der Waals surface area contributed by atoms with Crippen molar-refractivity contribution >= 4 is 30.4 Å². The van der Waals surface area contributed by atoms with Gasteiger partial charge in [-0.05, 0) is 0 Å². The van der Waals surface area contributed by atoms with Crippen LogP contribution in [0.3, 0.4) is 0 Å². The molecule has 0 heterocycles. The fraction of sp³-hybridized carbons (Fsp3) is 0.500. The molecule has 0 saturated heterocycles. The van der Waals surface area contributed by atoms with Crippen molar-refractivity contribution in [3.8, 4) is 0 Å². The molecule has 0 saturated carbocycles. The number of amides is 1. The van der Waals surface area contributed by atoms with E-state index in [0.717, 1.165) is 49.7 Å². The molecule has 1 amide bonds.